The first kappa shape index (κ1) is 12.3. The highest BCUT2D eigenvalue weighted by atomic mass is 14.7. The highest BCUT2D eigenvalue weighted by molar-refractivity contribution is 5.98. The molecule has 92 valence electrons. The molecule has 0 heterocycles. The Morgan fingerprint density at radius 1 is 1.00 bits per heavy atom. The van der Waals surface area contributed by atoms with Gasteiger partial charge in [0.05, 0.1) is 0 Å². The topological polar surface area (TPSA) is 75.9 Å². The first-order valence-electron chi connectivity index (χ1n) is 5.91. The fourth-order valence-electron chi connectivity index (χ4n) is 1.94. The third-order valence-electron chi connectivity index (χ3n) is 2.94. The number of nitrogens with one attached hydrogen (secondary N) is 1. The molecule has 0 bridgehead atoms. The molecule has 2 aromatic rings. The number of nitrogen functional groups attached to an aromatic ring is 1. The summed E-state index contributed by atoms with van der Waals surface area (Å²) in [4.78, 5) is 0. The van der Waals surface area contributed by atoms with E-state index < -0.39 is 0 Å². The lowest BCUT2D eigenvalue weighted by Gasteiger charge is -2.15. The van der Waals surface area contributed by atoms with Gasteiger partial charge in [0.15, 0.2) is 0 Å². The van der Waals surface area contributed by atoms with Crippen LogP contribution in [0.3, 0.4) is 0 Å². The van der Waals surface area contributed by atoms with Crippen molar-refractivity contribution >= 4 is 11.4 Å². The number of benzene rings is 2. The van der Waals surface area contributed by atoms with Crippen molar-refractivity contribution < 1.29 is 0 Å². The minimum Gasteiger partial charge on any atom is -0.398 e. The Kier molecular flexibility index (Phi) is 3.75. The van der Waals surface area contributed by atoms with Gasteiger partial charge in [0.25, 0.3) is 0 Å². The third-order valence-corrected chi connectivity index (χ3v) is 2.94. The molecule has 1 unspecified atom stereocenters. The molecule has 0 amide bonds. The number of para-hydroxylation sites is 1. The van der Waals surface area contributed by atoms with Gasteiger partial charge in [-0.25, -0.2) is 0 Å². The number of rotatable bonds is 4. The second kappa shape index (κ2) is 5.47. The monoisotopic (exact) mass is 239 g/mol. The van der Waals surface area contributed by atoms with E-state index >= 15 is 0 Å². The Hall–Kier alpha value is -2.13. The number of nitrogens with two attached hydrogens (primary N) is 2. The molecule has 0 aliphatic rings. The molecule has 2 rings (SSSR count). The van der Waals surface area contributed by atoms with Crippen molar-refractivity contribution in [2.24, 2.45) is 5.73 Å². The van der Waals surface area contributed by atoms with Crippen LogP contribution in [0.15, 0.2) is 54.6 Å². The second-order valence-electron chi connectivity index (χ2n) is 4.28. The van der Waals surface area contributed by atoms with Crippen molar-refractivity contribution in [3.8, 4) is 0 Å². The van der Waals surface area contributed by atoms with Crippen LogP contribution < -0.4 is 11.5 Å². The van der Waals surface area contributed by atoms with Crippen LogP contribution >= 0.6 is 0 Å². The Morgan fingerprint density at radius 2 is 1.61 bits per heavy atom. The molecular weight excluding hydrogens is 222 g/mol. The van der Waals surface area contributed by atoms with Crippen LogP contribution in [0.1, 0.15) is 23.6 Å². The standard InChI is InChI=1S/C15H17N3/c16-13-9-5-4-8-12(13)15(18)10-14(17)11-6-2-1-3-7-11/h1-9,15,17H,10,16,18H2. The average Bonchev–Trinajstić information content (AvgIpc) is 2.40. The van der Waals surface area contributed by atoms with Gasteiger partial charge in [-0.1, -0.05) is 48.5 Å². The minimum atomic E-state index is -0.237. The Balaban J connectivity index is 2.11. The van der Waals surface area contributed by atoms with E-state index in [0.29, 0.717) is 17.8 Å². The summed E-state index contributed by atoms with van der Waals surface area (Å²) in [6, 6.07) is 16.9. The van der Waals surface area contributed by atoms with E-state index in [1.165, 1.54) is 0 Å². The lowest BCUT2D eigenvalue weighted by atomic mass is 9.97. The predicted molar refractivity (Wildman–Crippen MR) is 75.7 cm³/mol. The van der Waals surface area contributed by atoms with Crippen molar-refractivity contribution in [1.29, 1.82) is 5.41 Å². The summed E-state index contributed by atoms with van der Waals surface area (Å²) in [5, 5.41) is 8.06. The molecule has 3 nitrogen and oxygen atoms in total. The summed E-state index contributed by atoms with van der Waals surface area (Å²) in [5.41, 5.74) is 15.0. The van der Waals surface area contributed by atoms with Gasteiger partial charge in [-0.15, -0.1) is 0 Å². The predicted octanol–water partition coefficient (Wildman–Crippen LogP) is 2.73. The van der Waals surface area contributed by atoms with Crippen LogP contribution in [-0.2, 0) is 0 Å². The Morgan fingerprint density at radius 3 is 2.28 bits per heavy atom. The van der Waals surface area contributed by atoms with Crippen LogP contribution in [0, 0.1) is 5.41 Å². The van der Waals surface area contributed by atoms with E-state index in [1.54, 1.807) is 0 Å². The van der Waals surface area contributed by atoms with Crippen molar-refractivity contribution in [2.45, 2.75) is 12.5 Å². The molecule has 0 saturated heterocycles. The molecule has 2 aromatic carbocycles. The maximum Gasteiger partial charge on any atom is 0.0405 e. The summed E-state index contributed by atoms with van der Waals surface area (Å²) in [6.07, 6.45) is 0.484. The van der Waals surface area contributed by atoms with Crippen LogP contribution in [-0.4, -0.2) is 5.71 Å². The zero-order valence-electron chi connectivity index (χ0n) is 10.1. The minimum absolute atomic E-state index is 0.237. The first-order valence-corrected chi connectivity index (χ1v) is 5.91. The maximum atomic E-state index is 8.06. The molecule has 0 aromatic heterocycles. The Bertz CT molecular complexity index is 534. The molecule has 0 fully saturated rings. The molecule has 18 heavy (non-hydrogen) atoms. The van der Waals surface area contributed by atoms with E-state index in [9.17, 15) is 0 Å². The molecule has 0 aliphatic carbocycles. The van der Waals surface area contributed by atoms with E-state index in [-0.39, 0.29) is 6.04 Å². The van der Waals surface area contributed by atoms with Crippen molar-refractivity contribution in [3.05, 3.63) is 65.7 Å². The van der Waals surface area contributed by atoms with E-state index in [1.807, 2.05) is 54.6 Å². The van der Waals surface area contributed by atoms with Gasteiger partial charge in [-0.2, -0.15) is 0 Å². The fraction of sp³-hybridized carbons (Fsp3) is 0.133. The lowest BCUT2D eigenvalue weighted by Crippen LogP contribution is -2.17. The van der Waals surface area contributed by atoms with Crippen LogP contribution in [0.4, 0.5) is 5.69 Å². The fourth-order valence-corrected chi connectivity index (χ4v) is 1.94. The van der Waals surface area contributed by atoms with E-state index in [0.717, 1.165) is 11.1 Å². The van der Waals surface area contributed by atoms with E-state index in [4.69, 9.17) is 16.9 Å². The SMILES string of the molecule is N=C(CC(N)c1ccccc1N)c1ccccc1. The largest absolute Gasteiger partial charge is 0.398 e. The summed E-state index contributed by atoms with van der Waals surface area (Å²) in [6.45, 7) is 0. The Labute approximate surface area is 107 Å². The van der Waals surface area contributed by atoms with Gasteiger partial charge in [-0.3, -0.25) is 0 Å². The third kappa shape index (κ3) is 2.76. The van der Waals surface area contributed by atoms with Gasteiger partial charge in [0.2, 0.25) is 0 Å². The highest BCUT2D eigenvalue weighted by Gasteiger charge is 2.12. The lowest BCUT2D eigenvalue weighted by molar-refractivity contribution is 0.763. The average molecular weight is 239 g/mol. The zero-order chi connectivity index (χ0) is 13.0. The van der Waals surface area contributed by atoms with Crippen molar-refractivity contribution in [1.82, 2.24) is 0 Å². The quantitative estimate of drug-likeness (QED) is 0.566. The molecule has 3 heteroatoms. The summed E-state index contributed by atoms with van der Waals surface area (Å²) in [5.74, 6) is 0. The summed E-state index contributed by atoms with van der Waals surface area (Å²) < 4.78 is 0. The molecular formula is C15H17N3. The van der Waals surface area contributed by atoms with Gasteiger partial charge >= 0.3 is 0 Å². The van der Waals surface area contributed by atoms with Crippen LogP contribution in [0.25, 0.3) is 0 Å². The van der Waals surface area contributed by atoms with Gasteiger partial charge in [0, 0.05) is 23.9 Å². The van der Waals surface area contributed by atoms with Gasteiger partial charge < -0.3 is 16.9 Å². The summed E-state index contributed by atoms with van der Waals surface area (Å²) >= 11 is 0. The number of hydrogen-bond donors (Lipinski definition) is 3. The first-order chi connectivity index (χ1) is 8.68. The number of anilines is 1. The van der Waals surface area contributed by atoms with Crippen molar-refractivity contribution in [2.75, 3.05) is 5.73 Å². The smallest absolute Gasteiger partial charge is 0.0405 e. The maximum absolute atomic E-state index is 8.06. The van der Waals surface area contributed by atoms with Crippen LogP contribution in [0.2, 0.25) is 0 Å². The molecule has 0 aliphatic heterocycles. The van der Waals surface area contributed by atoms with Gasteiger partial charge in [-0.05, 0) is 17.2 Å². The normalized spacial score (nSPS) is 12.1. The zero-order valence-corrected chi connectivity index (χ0v) is 10.1. The van der Waals surface area contributed by atoms with Crippen LogP contribution in [0.5, 0.6) is 0 Å². The molecule has 0 radical (unpaired) electrons. The second-order valence-corrected chi connectivity index (χ2v) is 4.28. The van der Waals surface area contributed by atoms with E-state index in [2.05, 4.69) is 0 Å². The highest BCUT2D eigenvalue weighted by Crippen LogP contribution is 2.22. The van der Waals surface area contributed by atoms with Gasteiger partial charge in [0.1, 0.15) is 0 Å². The summed E-state index contributed by atoms with van der Waals surface area (Å²) in [7, 11) is 0. The molecule has 5 N–H and O–H groups in total. The molecule has 1 atom stereocenters. The number of hydrogen-bond acceptors (Lipinski definition) is 3. The van der Waals surface area contributed by atoms with Crippen molar-refractivity contribution in [3.63, 3.8) is 0 Å². The molecule has 0 spiro atoms. The molecule has 0 saturated carbocycles.